The molecule has 0 bridgehead atoms. The Morgan fingerprint density at radius 3 is 2.59 bits per heavy atom. The molecule has 1 saturated heterocycles. The van der Waals surface area contributed by atoms with Gasteiger partial charge in [-0.05, 0) is 0 Å². The summed E-state index contributed by atoms with van der Waals surface area (Å²) in [4.78, 5) is 8.49. The zero-order valence-electron chi connectivity index (χ0n) is 10.6. The number of quaternary nitrogens is 1. The van der Waals surface area contributed by atoms with Crippen molar-refractivity contribution in [2.75, 3.05) is 47.6 Å². The number of methoxy groups -OCH3 is 2. The Labute approximate surface area is 101 Å². The quantitative estimate of drug-likeness (QED) is 0.407. The molecular formula is C10H21N4O3+. The summed E-state index contributed by atoms with van der Waals surface area (Å²) in [5.41, 5.74) is 5.58. The van der Waals surface area contributed by atoms with Crippen LogP contribution in [0.4, 0.5) is 0 Å². The maximum absolute atomic E-state index is 5.58. The van der Waals surface area contributed by atoms with E-state index in [1.54, 1.807) is 7.11 Å². The number of ether oxygens (including phenoxy) is 3. The monoisotopic (exact) mass is 245 g/mol. The van der Waals surface area contributed by atoms with Gasteiger partial charge in [0.2, 0.25) is 0 Å². The van der Waals surface area contributed by atoms with Gasteiger partial charge < -0.3 is 19.9 Å². The first-order chi connectivity index (χ1) is 8.12. The Morgan fingerprint density at radius 2 is 2.06 bits per heavy atom. The third kappa shape index (κ3) is 3.86. The van der Waals surface area contributed by atoms with Gasteiger partial charge in [-0.15, -0.1) is 0 Å². The average molecular weight is 245 g/mol. The zero-order chi connectivity index (χ0) is 12.7. The van der Waals surface area contributed by atoms with E-state index in [4.69, 9.17) is 19.9 Å². The number of hydrogen-bond acceptors (Lipinski definition) is 5. The van der Waals surface area contributed by atoms with Crippen molar-refractivity contribution < 1.29 is 18.7 Å². The van der Waals surface area contributed by atoms with Crippen molar-refractivity contribution in [3.8, 4) is 0 Å². The second-order valence-electron chi connectivity index (χ2n) is 4.05. The van der Waals surface area contributed by atoms with Crippen LogP contribution in [0.15, 0.2) is 9.98 Å². The van der Waals surface area contributed by atoms with E-state index in [0.717, 1.165) is 13.1 Å². The highest BCUT2D eigenvalue weighted by Crippen LogP contribution is 2.16. The van der Waals surface area contributed by atoms with E-state index in [-0.39, 0.29) is 12.3 Å². The van der Waals surface area contributed by atoms with Crippen molar-refractivity contribution in [2.45, 2.75) is 6.29 Å². The van der Waals surface area contributed by atoms with Gasteiger partial charge in [0.05, 0.1) is 34.5 Å². The highest BCUT2D eigenvalue weighted by Gasteiger charge is 2.34. The molecule has 0 aliphatic carbocycles. The minimum absolute atomic E-state index is 0.120. The number of nitrogens with two attached hydrogens (primary N) is 1. The lowest BCUT2D eigenvalue weighted by Gasteiger charge is -2.39. The van der Waals surface area contributed by atoms with E-state index < -0.39 is 0 Å². The molecule has 1 unspecified atom stereocenters. The molecule has 0 spiro atoms. The van der Waals surface area contributed by atoms with Gasteiger partial charge in [-0.25, -0.2) is 0 Å². The minimum Gasteiger partial charge on any atom is -0.486 e. The van der Waals surface area contributed by atoms with Crippen molar-refractivity contribution in [3.05, 3.63) is 0 Å². The molecule has 1 rings (SSSR count). The van der Waals surface area contributed by atoms with Gasteiger partial charge in [0.15, 0.2) is 6.40 Å². The third-order valence-corrected chi connectivity index (χ3v) is 2.80. The largest absolute Gasteiger partial charge is 0.486 e. The van der Waals surface area contributed by atoms with Crippen LogP contribution < -0.4 is 5.73 Å². The van der Waals surface area contributed by atoms with Crippen molar-refractivity contribution >= 4 is 12.4 Å². The van der Waals surface area contributed by atoms with Gasteiger partial charge in [0, 0.05) is 0 Å². The summed E-state index contributed by atoms with van der Waals surface area (Å²) in [5.74, 6) is 0. The molecule has 0 aromatic heterocycles. The number of hydrogen-bond donors (Lipinski definition) is 1. The van der Waals surface area contributed by atoms with Gasteiger partial charge in [0.25, 0.3) is 12.3 Å². The summed E-state index contributed by atoms with van der Waals surface area (Å²) < 4.78 is 15.7. The van der Waals surface area contributed by atoms with Crippen LogP contribution in [0.5, 0.6) is 0 Å². The number of rotatable bonds is 4. The fourth-order valence-corrected chi connectivity index (χ4v) is 1.61. The van der Waals surface area contributed by atoms with Crippen LogP contribution >= 0.6 is 0 Å². The first kappa shape index (κ1) is 13.7. The molecule has 7 heteroatoms. The first-order valence-electron chi connectivity index (χ1n) is 5.46. The maximum atomic E-state index is 5.58. The van der Waals surface area contributed by atoms with E-state index in [1.165, 1.54) is 13.5 Å². The van der Waals surface area contributed by atoms with E-state index >= 15 is 0 Å². The van der Waals surface area contributed by atoms with Crippen LogP contribution in [-0.4, -0.2) is 70.8 Å². The predicted octanol–water partition coefficient (Wildman–Crippen LogP) is -0.617. The highest BCUT2D eigenvalue weighted by atomic mass is 16.5. The minimum atomic E-state index is -0.362. The van der Waals surface area contributed by atoms with Crippen LogP contribution in [0.2, 0.25) is 0 Å². The molecule has 17 heavy (non-hydrogen) atoms. The van der Waals surface area contributed by atoms with Crippen molar-refractivity contribution in [1.82, 2.24) is 0 Å². The molecule has 98 valence electrons. The number of morpholine rings is 1. The third-order valence-electron chi connectivity index (χ3n) is 2.80. The molecule has 1 aliphatic heterocycles. The fraction of sp³-hybridized carbons (Fsp3) is 0.800. The second kappa shape index (κ2) is 6.41. The van der Waals surface area contributed by atoms with Gasteiger partial charge in [-0.3, -0.25) is 4.48 Å². The molecular weight excluding hydrogens is 224 g/mol. The molecule has 7 nitrogen and oxygen atoms in total. The molecule has 2 N–H and O–H groups in total. The van der Waals surface area contributed by atoms with Crippen molar-refractivity contribution in [2.24, 2.45) is 15.7 Å². The number of likely N-dealkylation sites (N-methyl/N-ethyl adjacent to an activating group) is 1. The summed E-state index contributed by atoms with van der Waals surface area (Å²) in [6.07, 6.45) is 1.01. The van der Waals surface area contributed by atoms with Crippen LogP contribution in [0.25, 0.3) is 0 Å². The molecule has 0 amide bonds. The highest BCUT2D eigenvalue weighted by molar-refractivity contribution is 5.71. The number of nitrogens with zero attached hydrogens (tertiary/aromatic N) is 3. The van der Waals surface area contributed by atoms with E-state index in [2.05, 4.69) is 17.0 Å². The van der Waals surface area contributed by atoms with Crippen LogP contribution in [-0.2, 0) is 14.2 Å². The average Bonchev–Trinajstić information content (AvgIpc) is 2.34. The Hall–Kier alpha value is -1.34. The number of aliphatic imine (C=N–C) groups is 2. The summed E-state index contributed by atoms with van der Waals surface area (Å²) >= 11 is 0. The summed E-state index contributed by atoms with van der Waals surface area (Å²) in [6, 6.07) is 0.120. The number of amidine groups is 1. The molecule has 1 heterocycles. The lowest BCUT2D eigenvalue weighted by molar-refractivity contribution is -0.938. The molecule has 1 atom stereocenters. The molecule has 0 saturated carbocycles. The topological polar surface area (TPSA) is 78.4 Å². The lowest BCUT2D eigenvalue weighted by atomic mass is 10.3. The normalized spacial score (nSPS) is 22.4. The summed E-state index contributed by atoms with van der Waals surface area (Å²) in [6.45, 7) is 3.04. The molecule has 1 aliphatic rings. The summed E-state index contributed by atoms with van der Waals surface area (Å²) in [5, 5.41) is 0. The second-order valence-corrected chi connectivity index (χ2v) is 4.05. The molecule has 1 fully saturated rings. The predicted molar refractivity (Wildman–Crippen MR) is 64.7 cm³/mol. The van der Waals surface area contributed by atoms with E-state index in [9.17, 15) is 0 Å². The smallest absolute Gasteiger partial charge is 0.288 e. The van der Waals surface area contributed by atoms with Crippen LogP contribution in [0.1, 0.15) is 0 Å². The summed E-state index contributed by atoms with van der Waals surface area (Å²) in [7, 11) is 5.09. The van der Waals surface area contributed by atoms with Crippen LogP contribution in [0, 0.1) is 0 Å². The Bertz CT molecular complexity index is 287. The van der Waals surface area contributed by atoms with Gasteiger partial charge in [-0.1, -0.05) is 0 Å². The van der Waals surface area contributed by atoms with Gasteiger partial charge in [-0.2, -0.15) is 9.98 Å². The SMILES string of the molecule is CO/C=N/C(/N=C(\N)OC)[N+]1(C)CCOCC1. The Balaban J connectivity index is 2.84. The zero-order valence-corrected chi connectivity index (χ0v) is 10.6. The Morgan fingerprint density at radius 1 is 1.41 bits per heavy atom. The fourth-order valence-electron chi connectivity index (χ4n) is 1.61. The van der Waals surface area contributed by atoms with E-state index in [0.29, 0.717) is 17.7 Å². The van der Waals surface area contributed by atoms with Gasteiger partial charge in [0.1, 0.15) is 13.1 Å². The Kier molecular flexibility index (Phi) is 5.17. The van der Waals surface area contributed by atoms with Crippen molar-refractivity contribution in [1.29, 1.82) is 0 Å². The van der Waals surface area contributed by atoms with Crippen LogP contribution in [0.3, 0.4) is 0 Å². The molecule has 0 aromatic rings. The molecule has 0 radical (unpaired) electrons. The van der Waals surface area contributed by atoms with Crippen molar-refractivity contribution in [3.63, 3.8) is 0 Å². The maximum Gasteiger partial charge on any atom is 0.288 e. The van der Waals surface area contributed by atoms with Gasteiger partial charge >= 0.3 is 0 Å². The lowest BCUT2D eigenvalue weighted by Crippen LogP contribution is -2.57. The standard InChI is InChI=1S/C10H21N4O3/c1-14(4-6-17-7-5-14)10(12-8-15-2)13-9(11)16-3/h8,10H,4-7H2,1-3H3,(H2,11,13)/q+1/b12-8+. The van der Waals surface area contributed by atoms with E-state index in [1.807, 2.05) is 0 Å². The first-order valence-corrected chi connectivity index (χ1v) is 5.46. The molecule has 0 aromatic carbocycles.